The summed E-state index contributed by atoms with van der Waals surface area (Å²) in [5.74, 6) is 0.491. The number of amides is 1. The molecule has 2 atom stereocenters. The van der Waals surface area contributed by atoms with E-state index in [1.54, 1.807) is 18.2 Å². The first-order valence-electron chi connectivity index (χ1n) is 11.2. The van der Waals surface area contributed by atoms with Gasteiger partial charge in [0.05, 0.1) is 25.7 Å². The van der Waals surface area contributed by atoms with E-state index in [0.717, 1.165) is 5.56 Å². The Kier molecular flexibility index (Phi) is 7.64. The Morgan fingerprint density at radius 3 is 2.69 bits per heavy atom. The van der Waals surface area contributed by atoms with Crippen LogP contribution in [0.5, 0.6) is 11.6 Å². The largest absolute Gasteiger partial charge is 0.491 e. The Morgan fingerprint density at radius 1 is 1.17 bits per heavy atom. The quantitative estimate of drug-likeness (QED) is 0.389. The predicted octanol–water partition coefficient (Wildman–Crippen LogP) is 3.00. The monoisotopic (exact) mass is 522 g/mol. The van der Waals surface area contributed by atoms with Gasteiger partial charge in [0.2, 0.25) is 5.88 Å². The van der Waals surface area contributed by atoms with Crippen LogP contribution in [0.25, 0.3) is 0 Å². The van der Waals surface area contributed by atoms with Gasteiger partial charge in [-0.3, -0.25) is 4.79 Å². The second kappa shape index (κ2) is 10.5. The zero-order valence-electron chi connectivity index (χ0n) is 18.9. The molecule has 1 unspecified atom stereocenters. The summed E-state index contributed by atoms with van der Waals surface area (Å²) in [6, 6.07) is 6.05. The lowest BCUT2D eigenvalue weighted by Crippen LogP contribution is -2.43. The van der Waals surface area contributed by atoms with Crippen molar-refractivity contribution in [3.05, 3.63) is 41.1 Å². The Morgan fingerprint density at radius 2 is 1.97 bits per heavy atom. The molecule has 2 aliphatic rings. The van der Waals surface area contributed by atoms with Crippen molar-refractivity contribution in [3.63, 3.8) is 0 Å². The van der Waals surface area contributed by atoms with Gasteiger partial charge in [-0.15, -0.1) is 0 Å². The smallest absolute Gasteiger partial charge is 0.411 e. The highest BCUT2D eigenvalue weighted by molar-refractivity contribution is 5.92. The molecule has 4 rings (SSSR count). The van der Waals surface area contributed by atoms with Crippen LogP contribution < -0.4 is 20.1 Å². The molecule has 0 aliphatic carbocycles. The molecule has 14 heteroatoms. The van der Waals surface area contributed by atoms with Crippen LogP contribution in [0.4, 0.5) is 26.3 Å². The second-order valence-electron chi connectivity index (χ2n) is 8.61. The molecule has 0 fully saturated rings. The third-order valence-electron chi connectivity index (χ3n) is 5.51. The van der Waals surface area contributed by atoms with Gasteiger partial charge in [-0.25, -0.2) is 4.68 Å². The van der Waals surface area contributed by atoms with Crippen LogP contribution in [-0.2, 0) is 24.3 Å². The van der Waals surface area contributed by atoms with Crippen LogP contribution in [0.3, 0.4) is 0 Å². The fraction of sp³-hybridized carbons (Fsp3) is 0.545. The molecule has 2 aromatic rings. The molecule has 0 saturated carbocycles. The molecule has 198 valence electrons. The van der Waals surface area contributed by atoms with E-state index in [2.05, 4.69) is 15.7 Å². The third kappa shape index (κ3) is 7.26. The molecule has 1 aromatic heterocycles. The minimum absolute atomic E-state index is 0.124. The number of rotatable bonds is 9. The van der Waals surface area contributed by atoms with Crippen molar-refractivity contribution < 1.29 is 45.3 Å². The second-order valence-corrected chi connectivity index (χ2v) is 8.61. The molecule has 8 nitrogen and oxygen atoms in total. The number of nitrogens with zero attached hydrogens (tertiary/aromatic N) is 2. The number of carbonyl (C=O) groups is 1. The van der Waals surface area contributed by atoms with E-state index in [-0.39, 0.29) is 37.6 Å². The fourth-order valence-electron chi connectivity index (χ4n) is 3.95. The molecule has 1 aromatic carbocycles. The topological polar surface area (TPSA) is 86.6 Å². The lowest BCUT2D eigenvalue weighted by molar-refractivity contribution is -0.176. The molecular formula is C22H24F6N4O4. The van der Waals surface area contributed by atoms with Crippen molar-refractivity contribution in [2.24, 2.45) is 0 Å². The van der Waals surface area contributed by atoms with E-state index in [9.17, 15) is 31.1 Å². The Balaban J connectivity index is 1.25. The highest BCUT2D eigenvalue weighted by atomic mass is 19.4. The van der Waals surface area contributed by atoms with Gasteiger partial charge in [0.1, 0.15) is 25.1 Å². The summed E-state index contributed by atoms with van der Waals surface area (Å²) in [7, 11) is 0. The predicted molar refractivity (Wildman–Crippen MR) is 113 cm³/mol. The van der Waals surface area contributed by atoms with Gasteiger partial charge >= 0.3 is 12.4 Å². The van der Waals surface area contributed by atoms with Crippen molar-refractivity contribution in [2.75, 3.05) is 26.3 Å². The van der Waals surface area contributed by atoms with E-state index in [1.807, 2.05) is 0 Å². The summed E-state index contributed by atoms with van der Waals surface area (Å²) in [4.78, 5) is 12.7. The van der Waals surface area contributed by atoms with Gasteiger partial charge in [-0.2, -0.15) is 31.4 Å². The minimum Gasteiger partial charge on any atom is -0.491 e. The summed E-state index contributed by atoms with van der Waals surface area (Å²) < 4.78 is 90.9. The van der Waals surface area contributed by atoms with Gasteiger partial charge in [0.25, 0.3) is 5.91 Å². The minimum atomic E-state index is -4.40. The number of benzene rings is 1. The molecule has 36 heavy (non-hydrogen) atoms. The van der Waals surface area contributed by atoms with Gasteiger partial charge in [0.15, 0.2) is 5.69 Å². The molecule has 3 heterocycles. The maximum absolute atomic E-state index is 12.7. The van der Waals surface area contributed by atoms with Crippen molar-refractivity contribution in [1.29, 1.82) is 0 Å². The number of halogens is 6. The first-order valence-corrected chi connectivity index (χ1v) is 11.2. The number of hydrogen-bond donors (Lipinski definition) is 2. The molecule has 0 spiro atoms. The first-order chi connectivity index (χ1) is 16.9. The summed E-state index contributed by atoms with van der Waals surface area (Å²) >= 11 is 0. The Hall–Kier alpha value is -3.00. The van der Waals surface area contributed by atoms with Gasteiger partial charge in [0, 0.05) is 6.07 Å². The zero-order chi connectivity index (χ0) is 25.9. The Labute approximate surface area is 201 Å². The number of nitrogens with one attached hydrogen (secondary N) is 2. The summed E-state index contributed by atoms with van der Waals surface area (Å²) in [5, 5.41) is 9.35. The summed E-state index contributed by atoms with van der Waals surface area (Å²) in [6.07, 6.45) is -8.26. The number of ether oxygens (including phenoxy) is 3. The molecule has 2 aliphatic heterocycles. The van der Waals surface area contributed by atoms with E-state index in [4.69, 9.17) is 14.2 Å². The maximum Gasteiger partial charge on any atom is 0.411 e. The molecule has 0 saturated heterocycles. The molecule has 0 radical (unpaired) electrons. The van der Waals surface area contributed by atoms with E-state index < -0.39 is 31.4 Å². The van der Waals surface area contributed by atoms with Crippen molar-refractivity contribution in [1.82, 2.24) is 20.4 Å². The fourth-order valence-corrected chi connectivity index (χ4v) is 3.95. The average molecular weight is 522 g/mol. The molecule has 1 amide bonds. The number of alkyl halides is 6. The standard InChI is InChI=1S/C22H24F6N4O4/c23-21(24,25)11-29-4-3-16-8-32-19(36-16)7-17(31-32)20(33)30-15-6-14-5-13(1-2-18(14)35-10-15)9-34-12-22(26,27)28/h1-2,5,7,15-16,29H,3-4,6,8-12H2,(H,30,33)/t15-,16?/m1/s1. The molecule has 2 N–H and O–H groups in total. The van der Waals surface area contributed by atoms with Gasteiger partial charge in [-0.1, -0.05) is 6.07 Å². The van der Waals surface area contributed by atoms with Crippen LogP contribution in [0.2, 0.25) is 0 Å². The van der Waals surface area contributed by atoms with Crippen molar-refractivity contribution in [3.8, 4) is 11.6 Å². The zero-order valence-corrected chi connectivity index (χ0v) is 18.9. The summed E-state index contributed by atoms with van der Waals surface area (Å²) in [6.45, 7) is -1.97. The van der Waals surface area contributed by atoms with Gasteiger partial charge < -0.3 is 24.8 Å². The third-order valence-corrected chi connectivity index (χ3v) is 5.51. The van der Waals surface area contributed by atoms with Crippen LogP contribution in [0, 0.1) is 0 Å². The number of hydrogen-bond acceptors (Lipinski definition) is 6. The Bertz CT molecular complexity index is 1050. The van der Waals surface area contributed by atoms with Crippen LogP contribution in [0.1, 0.15) is 28.0 Å². The van der Waals surface area contributed by atoms with E-state index >= 15 is 0 Å². The maximum atomic E-state index is 12.7. The van der Waals surface area contributed by atoms with Crippen molar-refractivity contribution in [2.45, 2.75) is 50.5 Å². The average Bonchev–Trinajstić information content (AvgIpc) is 3.34. The van der Waals surface area contributed by atoms with E-state index in [1.165, 1.54) is 10.7 Å². The number of aromatic nitrogens is 2. The van der Waals surface area contributed by atoms with Gasteiger partial charge in [-0.05, 0) is 42.6 Å². The highest BCUT2D eigenvalue weighted by Gasteiger charge is 2.30. The lowest BCUT2D eigenvalue weighted by Gasteiger charge is -2.26. The number of carbonyl (C=O) groups excluding carboxylic acids is 1. The highest BCUT2D eigenvalue weighted by Crippen LogP contribution is 2.28. The van der Waals surface area contributed by atoms with E-state index in [0.29, 0.717) is 36.6 Å². The normalized spacial score (nSPS) is 19.3. The number of fused-ring (bicyclic) bond motifs is 2. The van der Waals surface area contributed by atoms with Crippen LogP contribution >= 0.6 is 0 Å². The molecule has 0 bridgehead atoms. The van der Waals surface area contributed by atoms with Crippen LogP contribution in [0.15, 0.2) is 24.3 Å². The first kappa shape index (κ1) is 26.1. The SMILES string of the molecule is O=C(N[C@H]1COc2ccc(COCC(F)(F)F)cc2C1)c1cc2n(n1)CC(CCNCC(F)(F)F)O2. The summed E-state index contributed by atoms with van der Waals surface area (Å²) in [5.41, 5.74) is 1.41. The molecular weight excluding hydrogens is 498 g/mol. The van der Waals surface area contributed by atoms with Crippen molar-refractivity contribution >= 4 is 5.91 Å². The lowest BCUT2D eigenvalue weighted by atomic mass is 10.0. The van der Waals surface area contributed by atoms with Crippen LogP contribution in [-0.4, -0.2) is 66.5 Å².